The Morgan fingerprint density at radius 2 is 1.65 bits per heavy atom. The zero-order valence-corrected chi connectivity index (χ0v) is 12.1. The van der Waals surface area contributed by atoms with Crippen LogP contribution in [-0.4, -0.2) is 23.0 Å². The molecule has 2 rings (SSSR count). The highest BCUT2D eigenvalue weighted by atomic mass is 16.7. The molecule has 1 aliphatic heterocycles. The van der Waals surface area contributed by atoms with Gasteiger partial charge >= 0.3 is 0 Å². The standard InChI is InChI=1S/C16H21NO3/c1-3-4-5-6-9-12(2)20-17-15(18)13-10-7-8-11-14(13)16(17)19/h7-8,10-12H,3-6,9H2,1-2H3. The molecule has 0 saturated carbocycles. The van der Waals surface area contributed by atoms with Gasteiger partial charge in [-0.1, -0.05) is 44.7 Å². The Bertz CT molecular complexity index is 463. The summed E-state index contributed by atoms with van der Waals surface area (Å²) in [5.41, 5.74) is 0.853. The number of rotatable bonds is 7. The summed E-state index contributed by atoms with van der Waals surface area (Å²) in [5.74, 6) is -0.711. The summed E-state index contributed by atoms with van der Waals surface area (Å²) in [6.07, 6.45) is 5.33. The van der Waals surface area contributed by atoms with Crippen LogP contribution in [0.25, 0.3) is 0 Å². The number of hydrogen-bond donors (Lipinski definition) is 0. The lowest BCUT2D eigenvalue weighted by molar-refractivity contribution is -0.128. The number of hydrogen-bond acceptors (Lipinski definition) is 3. The van der Waals surface area contributed by atoms with Crippen LogP contribution in [0, 0.1) is 0 Å². The predicted molar refractivity (Wildman–Crippen MR) is 76.2 cm³/mol. The van der Waals surface area contributed by atoms with Crippen LogP contribution < -0.4 is 0 Å². The van der Waals surface area contributed by atoms with E-state index in [-0.39, 0.29) is 17.9 Å². The lowest BCUT2D eigenvalue weighted by Gasteiger charge is -2.19. The zero-order chi connectivity index (χ0) is 14.5. The first-order valence-corrected chi connectivity index (χ1v) is 7.29. The molecule has 108 valence electrons. The van der Waals surface area contributed by atoms with Crippen LogP contribution in [0.2, 0.25) is 0 Å². The van der Waals surface area contributed by atoms with Gasteiger partial charge in [0.1, 0.15) is 0 Å². The van der Waals surface area contributed by atoms with Crippen LogP contribution in [0.1, 0.15) is 66.7 Å². The van der Waals surface area contributed by atoms with Gasteiger partial charge in [0.05, 0.1) is 17.2 Å². The molecule has 0 aromatic heterocycles. The van der Waals surface area contributed by atoms with Crippen molar-refractivity contribution < 1.29 is 14.4 Å². The maximum absolute atomic E-state index is 12.1. The molecule has 2 amide bonds. The van der Waals surface area contributed by atoms with Gasteiger partial charge in [-0.05, 0) is 25.5 Å². The van der Waals surface area contributed by atoms with E-state index in [1.54, 1.807) is 24.3 Å². The van der Waals surface area contributed by atoms with Gasteiger partial charge in [-0.25, -0.2) is 0 Å². The average Bonchev–Trinajstić information content (AvgIpc) is 2.69. The minimum atomic E-state index is -0.356. The smallest absolute Gasteiger partial charge is 0.266 e. The van der Waals surface area contributed by atoms with Crippen molar-refractivity contribution in [2.24, 2.45) is 0 Å². The Hall–Kier alpha value is -1.68. The number of carbonyl (C=O) groups excluding carboxylic acids is 2. The molecule has 20 heavy (non-hydrogen) atoms. The lowest BCUT2D eigenvalue weighted by Crippen LogP contribution is -2.33. The molecule has 0 fully saturated rings. The molecule has 0 bridgehead atoms. The van der Waals surface area contributed by atoms with E-state index in [4.69, 9.17) is 4.84 Å². The van der Waals surface area contributed by atoms with Crippen LogP contribution in [-0.2, 0) is 4.84 Å². The number of hydroxylamine groups is 2. The van der Waals surface area contributed by atoms with E-state index in [1.165, 1.54) is 12.8 Å². The number of fused-ring (bicyclic) bond motifs is 1. The van der Waals surface area contributed by atoms with Crippen molar-refractivity contribution in [1.82, 2.24) is 5.06 Å². The SMILES string of the molecule is CCCCCCC(C)ON1C(=O)c2ccccc2C1=O. The number of benzene rings is 1. The van der Waals surface area contributed by atoms with E-state index in [0.717, 1.165) is 24.3 Å². The molecule has 0 N–H and O–H groups in total. The molecule has 1 aromatic carbocycles. The minimum Gasteiger partial charge on any atom is -0.266 e. The van der Waals surface area contributed by atoms with Gasteiger partial charge in [-0.3, -0.25) is 14.4 Å². The van der Waals surface area contributed by atoms with Crippen molar-refractivity contribution in [2.45, 2.75) is 52.1 Å². The Morgan fingerprint density at radius 1 is 1.05 bits per heavy atom. The van der Waals surface area contributed by atoms with Gasteiger partial charge in [-0.2, -0.15) is 0 Å². The quantitative estimate of drug-likeness (QED) is 0.564. The highest BCUT2D eigenvalue weighted by molar-refractivity contribution is 6.20. The van der Waals surface area contributed by atoms with Crippen molar-refractivity contribution in [1.29, 1.82) is 0 Å². The summed E-state index contributed by atoms with van der Waals surface area (Å²) < 4.78 is 0. The molecule has 0 saturated heterocycles. The molecule has 0 aliphatic carbocycles. The molecule has 1 unspecified atom stereocenters. The molecular weight excluding hydrogens is 254 g/mol. The van der Waals surface area contributed by atoms with E-state index in [2.05, 4.69) is 6.92 Å². The number of nitrogens with zero attached hydrogens (tertiary/aromatic N) is 1. The third-order valence-corrected chi connectivity index (χ3v) is 3.51. The van der Waals surface area contributed by atoms with Crippen molar-refractivity contribution >= 4 is 11.8 Å². The normalized spacial score (nSPS) is 15.6. The highest BCUT2D eigenvalue weighted by Crippen LogP contribution is 2.24. The maximum Gasteiger partial charge on any atom is 0.285 e. The first-order chi connectivity index (χ1) is 9.65. The maximum atomic E-state index is 12.1. The summed E-state index contributed by atoms with van der Waals surface area (Å²) in [5, 5.41) is 0.912. The summed E-state index contributed by atoms with van der Waals surface area (Å²) in [6, 6.07) is 6.82. The predicted octanol–water partition coefficient (Wildman–Crippen LogP) is 3.57. The topological polar surface area (TPSA) is 46.6 Å². The van der Waals surface area contributed by atoms with Gasteiger partial charge in [0.2, 0.25) is 0 Å². The van der Waals surface area contributed by atoms with E-state index in [1.807, 2.05) is 6.92 Å². The summed E-state index contributed by atoms with van der Waals surface area (Å²) >= 11 is 0. The molecule has 1 aliphatic rings. The first-order valence-electron chi connectivity index (χ1n) is 7.29. The molecule has 4 nitrogen and oxygen atoms in total. The summed E-state index contributed by atoms with van der Waals surface area (Å²) in [6.45, 7) is 4.06. The second kappa shape index (κ2) is 6.66. The molecule has 1 atom stereocenters. The third-order valence-electron chi connectivity index (χ3n) is 3.51. The van der Waals surface area contributed by atoms with Crippen molar-refractivity contribution in [3.63, 3.8) is 0 Å². The van der Waals surface area contributed by atoms with Crippen LogP contribution in [0.4, 0.5) is 0 Å². The van der Waals surface area contributed by atoms with Gasteiger partial charge in [-0.15, -0.1) is 5.06 Å². The lowest BCUT2D eigenvalue weighted by atomic mass is 10.1. The number of carbonyl (C=O) groups is 2. The number of imide groups is 1. The first kappa shape index (κ1) is 14.7. The van der Waals surface area contributed by atoms with Crippen LogP contribution >= 0.6 is 0 Å². The van der Waals surface area contributed by atoms with Crippen molar-refractivity contribution in [3.8, 4) is 0 Å². The molecule has 0 spiro atoms. The van der Waals surface area contributed by atoms with Gasteiger partial charge in [0.25, 0.3) is 11.8 Å². The second-order valence-corrected chi connectivity index (χ2v) is 5.22. The van der Waals surface area contributed by atoms with Crippen LogP contribution in [0.5, 0.6) is 0 Å². The zero-order valence-electron chi connectivity index (χ0n) is 12.1. The molecule has 1 heterocycles. The Balaban J connectivity index is 1.91. The van der Waals surface area contributed by atoms with Crippen LogP contribution in [0.3, 0.4) is 0 Å². The van der Waals surface area contributed by atoms with Gasteiger partial charge in [0, 0.05) is 0 Å². The molecule has 4 heteroatoms. The Labute approximate surface area is 119 Å². The summed E-state index contributed by atoms with van der Waals surface area (Å²) in [7, 11) is 0. The van der Waals surface area contributed by atoms with E-state index >= 15 is 0 Å². The molecule has 1 aromatic rings. The number of amides is 2. The Morgan fingerprint density at radius 3 is 2.20 bits per heavy atom. The van der Waals surface area contributed by atoms with Crippen LogP contribution in [0.15, 0.2) is 24.3 Å². The van der Waals surface area contributed by atoms with E-state index < -0.39 is 0 Å². The molecular formula is C16H21NO3. The fraction of sp³-hybridized carbons (Fsp3) is 0.500. The fourth-order valence-corrected chi connectivity index (χ4v) is 2.35. The monoisotopic (exact) mass is 275 g/mol. The molecule has 0 radical (unpaired) electrons. The largest absolute Gasteiger partial charge is 0.285 e. The minimum absolute atomic E-state index is 0.130. The average molecular weight is 275 g/mol. The van der Waals surface area contributed by atoms with Crippen molar-refractivity contribution in [3.05, 3.63) is 35.4 Å². The van der Waals surface area contributed by atoms with Gasteiger partial charge in [0.15, 0.2) is 0 Å². The number of unbranched alkanes of at least 4 members (excludes halogenated alkanes) is 3. The van der Waals surface area contributed by atoms with E-state index in [9.17, 15) is 9.59 Å². The Kier molecular flexibility index (Phi) is 4.90. The fourth-order valence-electron chi connectivity index (χ4n) is 2.35. The third kappa shape index (κ3) is 3.07. The summed E-state index contributed by atoms with van der Waals surface area (Å²) in [4.78, 5) is 29.7. The van der Waals surface area contributed by atoms with E-state index in [0.29, 0.717) is 11.1 Å². The second-order valence-electron chi connectivity index (χ2n) is 5.22. The van der Waals surface area contributed by atoms with Crippen molar-refractivity contribution in [2.75, 3.05) is 0 Å². The van der Waals surface area contributed by atoms with Gasteiger partial charge < -0.3 is 0 Å². The highest BCUT2D eigenvalue weighted by Gasteiger charge is 2.37.